The first-order chi connectivity index (χ1) is 17.4. The van der Waals surface area contributed by atoms with Gasteiger partial charge in [-0.1, -0.05) is 36.4 Å². The highest BCUT2D eigenvalue weighted by Crippen LogP contribution is 2.41. The Morgan fingerprint density at radius 2 is 1.42 bits per heavy atom. The molecule has 0 fully saturated rings. The Labute approximate surface area is 211 Å². The van der Waals surface area contributed by atoms with Crippen LogP contribution in [0.25, 0.3) is 22.2 Å². The Hall–Kier alpha value is -4.26. The molecular formula is C29H30N2O5. The van der Waals surface area contributed by atoms with E-state index in [-0.39, 0.29) is 11.9 Å². The van der Waals surface area contributed by atoms with Crippen LogP contribution in [-0.2, 0) is 0 Å². The number of pyridine rings is 1. The van der Waals surface area contributed by atoms with Gasteiger partial charge in [-0.25, -0.2) is 4.98 Å². The quantitative estimate of drug-likeness (QED) is 0.315. The lowest BCUT2D eigenvalue weighted by Gasteiger charge is -2.27. The van der Waals surface area contributed by atoms with Crippen LogP contribution in [0.3, 0.4) is 0 Å². The Morgan fingerprint density at radius 1 is 0.806 bits per heavy atom. The van der Waals surface area contributed by atoms with Gasteiger partial charge in [-0.3, -0.25) is 4.79 Å². The Balaban J connectivity index is 1.84. The number of aromatic nitrogens is 1. The van der Waals surface area contributed by atoms with Crippen LogP contribution in [0.1, 0.15) is 28.9 Å². The first-order valence-corrected chi connectivity index (χ1v) is 11.5. The summed E-state index contributed by atoms with van der Waals surface area (Å²) in [5.74, 6) is 2.13. The van der Waals surface area contributed by atoms with E-state index in [4.69, 9.17) is 23.9 Å². The van der Waals surface area contributed by atoms with Crippen LogP contribution in [0, 0.1) is 0 Å². The molecule has 3 aromatic carbocycles. The third-order valence-corrected chi connectivity index (χ3v) is 6.40. The summed E-state index contributed by atoms with van der Waals surface area (Å²) in [4.78, 5) is 20.5. The second-order valence-electron chi connectivity index (χ2n) is 8.32. The van der Waals surface area contributed by atoms with Crippen molar-refractivity contribution in [2.45, 2.75) is 13.0 Å². The molecular weight excluding hydrogens is 456 g/mol. The molecule has 36 heavy (non-hydrogen) atoms. The van der Waals surface area contributed by atoms with Crippen LogP contribution in [0.4, 0.5) is 0 Å². The molecule has 0 spiro atoms. The van der Waals surface area contributed by atoms with Crippen molar-refractivity contribution in [3.63, 3.8) is 0 Å². The molecule has 0 aliphatic heterocycles. The van der Waals surface area contributed by atoms with E-state index < -0.39 is 0 Å². The molecule has 0 aliphatic rings. The first-order valence-electron chi connectivity index (χ1n) is 11.5. The molecule has 4 rings (SSSR count). The van der Waals surface area contributed by atoms with Gasteiger partial charge in [0.25, 0.3) is 5.91 Å². The van der Waals surface area contributed by atoms with E-state index in [0.717, 1.165) is 22.3 Å². The number of fused-ring (bicyclic) bond motifs is 1. The standard InChI is InChI=1S/C29H30N2O5/c1-18(20-11-8-10-14-25(20)33-3)31(2)29(32)22-17-24(30-23-13-9-7-12-21(22)23)19-15-26(34-4)28(36-6)27(16-19)35-5/h7-18H,1-6H3. The fraction of sp³-hybridized carbons (Fsp3) is 0.241. The minimum atomic E-state index is -0.217. The number of ether oxygens (including phenoxy) is 4. The van der Waals surface area contributed by atoms with Gasteiger partial charge in [-0.05, 0) is 37.3 Å². The maximum absolute atomic E-state index is 13.9. The lowest BCUT2D eigenvalue weighted by molar-refractivity contribution is 0.0743. The van der Waals surface area contributed by atoms with E-state index in [1.807, 2.05) is 73.7 Å². The van der Waals surface area contributed by atoms with Gasteiger partial charge in [-0.15, -0.1) is 0 Å². The van der Waals surface area contributed by atoms with Crippen LogP contribution in [0.2, 0.25) is 0 Å². The monoisotopic (exact) mass is 486 g/mol. The molecule has 0 saturated heterocycles. The fourth-order valence-electron chi connectivity index (χ4n) is 4.32. The average molecular weight is 487 g/mol. The Kier molecular flexibility index (Phi) is 7.29. The number of carbonyl (C=O) groups is 1. The number of carbonyl (C=O) groups excluding carboxylic acids is 1. The minimum absolute atomic E-state index is 0.124. The van der Waals surface area contributed by atoms with Gasteiger partial charge in [0.2, 0.25) is 5.75 Å². The van der Waals surface area contributed by atoms with Crippen molar-refractivity contribution in [2.75, 3.05) is 35.5 Å². The minimum Gasteiger partial charge on any atom is -0.496 e. The second kappa shape index (κ2) is 10.6. The maximum Gasteiger partial charge on any atom is 0.254 e. The number of rotatable bonds is 8. The zero-order valence-electron chi connectivity index (χ0n) is 21.4. The van der Waals surface area contributed by atoms with Crippen molar-refractivity contribution < 1.29 is 23.7 Å². The number of methoxy groups -OCH3 is 4. The van der Waals surface area contributed by atoms with Gasteiger partial charge in [0.05, 0.1) is 51.3 Å². The summed E-state index contributed by atoms with van der Waals surface area (Å²) < 4.78 is 22.0. The Morgan fingerprint density at radius 3 is 2.06 bits per heavy atom. The summed E-state index contributed by atoms with van der Waals surface area (Å²) in [6.45, 7) is 1.99. The molecule has 7 heteroatoms. The molecule has 1 aromatic heterocycles. The van der Waals surface area contributed by atoms with Crippen molar-refractivity contribution in [1.29, 1.82) is 0 Å². The van der Waals surface area contributed by atoms with E-state index in [1.54, 1.807) is 40.4 Å². The van der Waals surface area contributed by atoms with Crippen molar-refractivity contribution in [1.82, 2.24) is 9.88 Å². The highest BCUT2D eigenvalue weighted by molar-refractivity contribution is 6.07. The van der Waals surface area contributed by atoms with Crippen LogP contribution in [0.5, 0.6) is 23.0 Å². The summed E-state index contributed by atoms with van der Waals surface area (Å²) in [5, 5.41) is 0.776. The van der Waals surface area contributed by atoms with Crippen molar-refractivity contribution in [2.24, 2.45) is 0 Å². The first kappa shape index (κ1) is 24.9. The van der Waals surface area contributed by atoms with E-state index in [2.05, 4.69) is 0 Å². The third-order valence-electron chi connectivity index (χ3n) is 6.40. The van der Waals surface area contributed by atoms with Gasteiger partial charge < -0.3 is 23.8 Å². The number of para-hydroxylation sites is 2. The van der Waals surface area contributed by atoms with Crippen LogP contribution in [0.15, 0.2) is 66.7 Å². The van der Waals surface area contributed by atoms with Crippen molar-refractivity contribution in [3.05, 3.63) is 77.9 Å². The summed E-state index contributed by atoms with van der Waals surface area (Å²) in [6.07, 6.45) is 0. The summed E-state index contributed by atoms with van der Waals surface area (Å²) in [7, 11) is 8.13. The van der Waals surface area contributed by atoms with Gasteiger partial charge in [0, 0.05) is 23.6 Å². The zero-order valence-corrected chi connectivity index (χ0v) is 21.4. The smallest absolute Gasteiger partial charge is 0.254 e. The predicted octanol–water partition coefficient (Wildman–Crippen LogP) is 5.77. The summed E-state index contributed by atoms with van der Waals surface area (Å²) in [5.41, 5.74) is 3.55. The van der Waals surface area contributed by atoms with Crippen LogP contribution in [-0.4, -0.2) is 51.3 Å². The summed E-state index contributed by atoms with van der Waals surface area (Å²) in [6, 6.07) is 20.6. The highest BCUT2D eigenvalue weighted by atomic mass is 16.5. The topological polar surface area (TPSA) is 70.1 Å². The third kappa shape index (κ3) is 4.52. The number of benzene rings is 3. The maximum atomic E-state index is 13.9. The molecule has 7 nitrogen and oxygen atoms in total. The molecule has 0 radical (unpaired) electrons. The van der Waals surface area contributed by atoms with Crippen LogP contribution < -0.4 is 18.9 Å². The SMILES string of the molecule is COc1ccccc1C(C)N(C)C(=O)c1cc(-c2cc(OC)c(OC)c(OC)c2)nc2ccccc12. The molecule has 1 atom stereocenters. The number of hydrogen-bond acceptors (Lipinski definition) is 6. The van der Waals surface area contributed by atoms with Crippen molar-refractivity contribution in [3.8, 4) is 34.3 Å². The molecule has 0 aliphatic carbocycles. The van der Waals surface area contributed by atoms with E-state index in [9.17, 15) is 4.79 Å². The number of hydrogen-bond donors (Lipinski definition) is 0. The normalized spacial score (nSPS) is 11.6. The Bertz CT molecular complexity index is 1380. The fourth-order valence-corrected chi connectivity index (χ4v) is 4.32. The molecule has 1 unspecified atom stereocenters. The molecule has 186 valence electrons. The predicted molar refractivity (Wildman–Crippen MR) is 140 cm³/mol. The molecule has 1 heterocycles. The number of nitrogens with zero attached hydrogens (tertiary/aromatic N) is 2. The van der Waals surface area contributed by atoms with E-state index in [0.29, 0.717) is 34.0 Å². The zero-order chi connectivity index (χ0) is 25.8. The van der Waals surface area contributed by atoms with Crippen molar-refractivity contribution >= 4 is 16.8 Å². The van der Waals surface area contributed by atoms with Gasteiger partial charge in [-0.2, -0.15) is 0 Å². The molecule has 4 aromatic rings. The largest absolute Gasteiger partial charge is 0.496 e. The lowest BCUT2D eigenvalue weighted by Crippen LogP contribution is -2.30. The average Bonchev–Trinajstić information content (AvgIpc) is 2.94. The second-order valence-corrected chi connectivity index (χ2v) is 8.32. The van der Waals surface area contributed by atoms with E-state index in [1.165, 1.54) is 0 Å². The van der Waals surface area contributed by atoms with E-state index >= 15 is 0 Å². The van der Waals surface area contributed by atoms with Gasteiger partial charge >= 0.3 is 0 Å². The van der Waals surface area contributed by atoms with Gasteiger partial charge in [0.1, 0.15) is 5.75 Å². The molecule has 1 amide bonds. The molecule has 0 bridgehead atoms. The molecule has 0 saturated carbocycles. The number of amides is 1. The van der Waals surface area contributed by atoms with Crippen LogP contribution >= 0.6 is 0 Å². The van der Waals surface area contributed by atoms with Gasteiger partial charge in [0.15, 0.2) is 11.5 Å². The summed E-state index contributed by atoms with van der Waals surface area (Å²) >= 11 is 0. The lowest BCUT2D eigenvalue weighted by atomic mass is 10.0. The highest BCUT2D eigenvalue weighted by Gasteiger charge is 2.24. The molecule has 0 N–H and O–H groups in total.